The van der Waals surface area contributed by atoms with Crippen LogP contribution in [-0.4, -0.2) is 25.0 Å². The lowest BCUT2D eigenvalue weighted by atomic mass is 9.98. The summed E-state index contributed by atoms with van der Waals surface area (Å²) in [6.45, 7) is 3.40. The second kappa shape index (κ2) is 9.38. The number of nitrogens with zero attached hydrogens (tertiary/aromatic N) is 1. The summed E-state index contributed by atoms with van der Waals surface area (Å²) in [6, 6.07) is 14.2. The molecule has 0 fully saturated rings. The van der Waals surface area contributed by atoms with E-state index in [2.05, 4.69) is 0 Å². The summed E-state index contributed by atoms with van der Waals surface area (Å²) in [7, 11) is 0. The quantitative estimate of drug-likeness (QED) is 0.537. The fourth-order valence-electron chi connectivity index (χ4n) is 2.44. The minimum atomic E-state index is -0.618. The first kappa shape index (κ1) is 19.2. The van der Waals surface area contributed by atoms with E-state index in [9.17, 15) is 9.59 Å². The number of rotatable bonds is 8. The van der Waals surface area contributed by atoms with Crippen LogP contribution in [-0.2, 0) is 22.4 Å². The standard InChI is InChI=1S/C21H21NO4/c1-3-15-5-8-17(4-2)19(11-15)20(23)13-26-21(24)14-25-18-9-6-16(12-22)7-10-18/h5-11H,3-4,13-14H2,1-2H3. The van der Waals surface area contributed by atoms with Gasteiger partial charge in [0.15, 0.2) is 13.2 Å². The van der Waals surface area contributed by atoms with Crippen LogP contribution in [0, 0.1) is 11.3 Å². The number of nitriles is 1. The van der Waals surface area contributed by atoms with Gasteiger partial charge in [0.05, 0.1) is 11.6 Å². The van der Waals surface area contributed by atoms with Gasteiger partial charge in [0.2, 0.25) is 5.78 Å². The molecule has 0 saturated carbocycles. The molecule has 0 aliphatic rings. The highest BCUT2D eigenvalue weighted by Gasteiger charge is 2.14. The molecule has 0 aromatic heterocycles. The molecule has 2 aromatic rings. The first-order valence-corrected chi connectivity index (χ1v) is 8.51. The number of carbonyl (C=O) groups is 2. The van der Waals surface area contributed by atoms with E-state index < -0.39 is 5.97 Å². The molecule has 134 valence electrons. The maximum Gasteiger partial charge on any atom is 0.344 e. The van der Waals surface area contributed by atoms with Crippen molar-refractivity contribution in [2.75, 3.05) is 13.2 Å². The van der Waals surface area contributed by atoms with Crippen LogP contribution >= 0.6 is 0 Å². The van der Waals surface area contributed by atoms with Crippen LogP contribution in [0.2, 0.25) is 0 Å². The Hall–Kier alpha value is -3.13. The zero-order valence-corrected chi connectivity index (χ0v) is 15.0. The summed E-state index contributed by atoms with van der Waals surface area (Å²) in [6.07, 6.45) is 1.57. The molecule has 0 amide bonds. The van der Waals surface area contributed by atoms with E-state index >= 15 is 0 Å². The number of ketones is 1. The summed E-state index contributed by atoms with van der Waals surface area (Å²) < 4.78 is 10.3. The van der Waals surface area contributed by atoms with E-state index in [0.29, 0.717) is 16.9 Å². The first-order chi connectivity index (χ1) is 12.6. The van der Waals surface area contributed by atoms with Crippen molar-refractivity contribution in [1.82, 2.24) is 0 Å². The van der Waals surface area contributed by atoms with E-state index in [1.54, 1.807) is 24.3 Å². The fraction of sp³-hybridized carbons (Fsp3) is 0.286. The summed E-state index contributed by atoms with van der Waals surface area (Å²) in [5.41, 5.74) is 3.12. The largest absolute Gasteiger partial charge is 0.482 e. The Labute approximate surface area is 153 Å². The molecule has 0 bridgehead atoms. The minimum Gasteiger partial charge on any atom is -0.482 e. The third-order valence-electron chi connectivity index (χ3n) is 3.97. The topological polar surface area (TPSA) is 76.4 Å². The second-order valence-corrected chi connectivity index (χ2v) is 5.71. The van der Waals surface area contributed by atoms with Crippen molar-refractivity contribution in [2.45, 2.75) is 26.7 Å². The van der Waals surface area contributed by atoms with Gasteiger partial charge in [-0.25, -0.2) is 4.79 Å². The number of hydrogen-bond donors (Lipinski definition) is 0. The number of carbonyl (C=O) groups excluding carboxylic acids is 2. The molecule has 0 saturated heterocycles. The number of ether oxygens (including phenoxy) is 2. The third kappa shape index (κ3) is 5.18. The molecule has 0 aliphatic heterocycles. The van der Waals surface area contributed by atoms with Gasteiger partial charge in [-0.15, -0.1) is 0 Å². The molecule has 0 heterocycles. The number of aryl methyl sites for hydroxylation is 2. The van der Waals surface area contributed by atoms with Gasteiger partial charge in [0, 0.05) is 5.56 Å². The van der Waals surface area contributed by atoms with Gasteiger partial charge in [-0.2, -0.15) is 5.26 Å². The predicted molar refractivity (Wildman–Crippen MR) is 97.1 cm³/mol. The average molecular weight is 351 g/mol. The Bertz CT molecular complexity index is 819. The van der Waals surface area contributed by atoms with Gasteiger partial charge in [-0.3, -0.25) is 4.79 Å². The van der Waals surface area contributed by atoms with Gasteiger partial charge in [0.25, 0.3) is 0 Å². The van der Waals surface area contributed by atoms with Crippen molar-refractivity contribution in [3.63, 3.8) is 0 Å². The Kier molecular flexibility index (Phi) is 6.92. The van der Waals surface area contributed by atoms with Crippen LogP contribution < -0.4 is 4.74 Å². The molecule has 2 rings (SSSR count). The lowest BCUT2D eigenvalue weighted by Gasteiger charge is -2.10. The molecule has 2 aromatic carbocycles. The lowest BCUT2D eigenvalue weighted by molar-refractivity contribution is -0.144. The molecule has 0 unspecified atom stereocenters. The molecule has 0 spiro atoms. The summed E-state index contributed by atoms with van der Waals surface area (Å²) in [5, 5.41) is 8.74. The van der Waals surface area contributed by atoms with Crippen molar-refractivity contribution < 1.29 is 19.1 Å². The van der Waals surface area contributed by atoms with E-state index in [-0.39, 0.29) is 19.0 Å². The van der Waals surface area contributed by atoms with Crippen LogP contribution in [0.15, 0.2) is 42.5 Å². The molecule has 0 radical (unpaired) electrons. The Morgan fingerprint density at radius 2 is 1.73 bits per heavy atom. The van der Waals surface area contributed by atoms with Gasteiger partial charge in [-0.05, 0) is 54.3 Å². The van der Waals surface area contributed by atoms with E-state index in [1.807, 2.05) is 38.1 Å². The summed E-state index contributed by atoms with van der Waals surface area (Å²) in [4.78, 5) is 24.2. The average Bonchev–Trinajstić information content (AvgIpc) is 2.70. The number of Topliss-reactive ketones (excluding diaryl/α,β-unsaturated/α-hetero) is 1. The van der Waals surface area contributed by atoms with Crippen molar-refractivity contribution in [3.05, 3.63) is 64.7 Å². The molecule has 5 heteroatoms. The highest BCUT2D eigenvalue weighted by Crippen LogP contribution is 2.15. The smallest absolute Gasteiger partial charge is 0.344 e. The summed E-state index contributed by atoms with van der Waals surface area (Å²) >= 11 is 0. The second-order valence-electron chi connectivity index (χ2n) is 5.71. The number of hydrogen-bond acceptors (Lipinski definition) is 5. The number of benzene rings is 2. The van der Waals surface area contributed by atoms with Crippen LogP contribution in [0.1, 0.15) is 40.9 Å². The Balaban J connectivity index is 1.88. The highest BCUT2D eigenvalue weighted by molar-refractivity contribution is 5.99. The van der Waals surface area contributed by atoms with Crippen LogP contribution in [0.5, 0.6) is 5.75 Å². The third-order valence-corrected chi connectivity index (χ3v) is 3.97. The van der Waals surface area contributed by atoms with E-state index in [4.69, 9.17) is 14.7 Å². The van der Waals surface area contributed by atoms with E-state index in [1.165, 1.54) is 0 Å². The molecule has 5 nitrogen and oxygen atoms in total. The predicted octanol–water partition coefficient (Wildman–Crippen LogP) is 3.49. The van der Waals surface area contributed by atoms with Gasteiger partial charge in [0.1, 0.15) is 5.75 Å². The minimum absolute atomic E-state index is 0.219. The molecule has 26 heavy (non-hydrogen) atoms. The first-order valence-electron chi connectivity index (χ1n) is 8.51. The molecule has 0 atom stereocenters. The highest BCUT2D eigenvalue weighted by atomic mass is 16.6. The van der Waals surface area contributed by atoms with Crippen LogP contribution in [0.3, 0.4) is 0 Å². The van der Waals surface area contributed by atoms with Crippen molar-refractivity contribution in [3.8, 4) is 11.8 Å². The van der Waals surface area contributed by atoms with Crippen LogP contribution in [0.4, 0.5) is 0 Å². The SMILES string of the molecule is CCc1ccc(CC)c(C(=O)COC(=O)COc2ccc(C#N)cc2)c1. The van der Waals surface area contributed by atoms with Gasteiger partial charge in [-0.1, -0.05) is 26.0 Å². The monoisotopic (exact) mass is 351 g/mol. The zero-order chi connectivity index (χ0) is 18.9. The Morgan fingerprint density at radius 1 is 1.00 bits per heavy atom. The molecule has 0 N–H and O–H groups in total. The normalized spacial score (nSPS) is 10.0. The number of esters is 1. The van der Waals surface area contributed by atoms with Gasteiger partial charge >= 0.3 is 5.97 Å². The molecular weight excluding hydrogens is 330 g/mol. The van der Waals surface area contributed by atoms with Crippen molar-refractivity contribution in [2.24, 2.45) is 0 Å². The van der Waals surface area contributed by atoms with E-state index in [0.717, 1.165) is 24.0 Å². The van der Waals surface area contributed by atoms with Gasteiger partial charge < -0.3 is 9.47 Å². The Morgan fingerprint density at radius 3 is 2.35 bits per heavy atom. The fourth-order valence-corrected chi connectivity index (χ4v) is 2.44. The molecular formula is C21H21NO4. The maximum absolute atomic E-state index is 12.4. The zero-order valence-electron chi connectivity index (χ0n) is 15.0. The maximum atomic E-state index is 12.4. The lowest BCUT2D eigenvalue weighted by Crippen LogP contribution is -2.20. The van der Waals surface area contributed by atoms with Crippen LogP contribution in [0.25, 0.3) is 0 Å². The van der Waals surface area contributed by atoms with Crippen molar-refractivity contribution >= 4 is 11.8 Å². The van der Waals surface area contributed by atoms with Crippen molar-refractivity contribution in [1.29, 1.82) is 5.26 Å². The summed E-state index contributed by atoms with van der Waals surface area (Å²) in [5.74, 6) is -0.382. The molecule has 0 aliphatic carbocycles.